The summed E-state index contributed by atoms with van der Waals surface area (Å²) in [6.07, 6.45) is 0.774. The maximum atomic E-state index is 13.0. The largest absolute Gasteiger partial charge is 0.422 e. The molecule has 1 heterocycles. The molecule has 18 heavy (non-hydrogen) atoms. The molecule has 0 spiro atoms. The van der Waals surface area contributed by atoms with Gasteiger partial charge in [-0.25, -0.2) is 9.18 Å². The summed E-state index contributed by atoms with van der Waals surface area (Å²) in [7, 11) is 0. The highest BCUT2D eigenvalue weighted by molar-refractivity contribution is 5.96. The fourth-order valence-corrected chi connectivity index (χ4v) is 1.58. The van der Waals surface area contributed by atoms with E-state index in [4.69, 9.17) is 4.42 Å². The van der Waals surface area contributed by atoms with Gasteiger partial charge in [0.05, 0.1) is 0 Å². The smallest absolute Gasteiger partial charge is 0.349 e. The van der Waals surface area contributed by atoms with Crippen LogP contribution >= 0.6 is 0 Å². The minimum absolute atomic E-state index is 0.0671. The van der Waals surface area contributed by atoms with E-state index < -0.39 is 17.3 Å². The number of carbonyl (C=O) groups is 1. The number of nitrogens with one attached hydrogen (secondary N) is 1. The van der Waals surface area contributed by atoms with Crippen LogP contribution in [0.4, 0.5) is 4.39 Å². The van der Waals surface area contributed by atoms with Gasteiger partial charge in [-0.2, -0.15) is 0 Å². The first-order valence-electron chi connectivity index (χ1n) is 5.63. The van der Waals surface area contributed by atoms with Crippen LogP contribution in [-0.2, 0) is 0 Å². The molecule has 2 rings (SSSR count). The summed E-state index contributed by atoms with van der Waals surface area (Å²) in [6.45, 7) is 2.39. The van der Waals surface area contributed by atoms with Gasteiger partial charge in [0.2, 0.25) is 0 Å². The molecule has 0 fully saturated rings. The molecule has 1 aromatic carbocycles. The first-order chi connectivity index (χ1) is 8.61. The van der Waals surface area contributed by atoms with Crippen LogP contribution in [0.3, 0.4) is 0 Å². The fraction of sp³-hybridized carbons (Fsp3) is 0.231. The maximum Gasteiger partial charge on any atom is 0.349 e. The molecule has 0 saturated heterocycles. The van der Waals surface area contributed by atoms with Gasteiger partial charge < -0.3 is 9.73 Å². The molecule has 0 radical (unpaired) electrons. The van der Waals surface area contributed by atoms with Crippen molar-refractivity contribution in [1.29, 1.82) is 0 Å². The Labute approximate surface area is 102 Å². The summed E-state index contributed by atoms with van der Waals surface area (Å²) in [6, 6.07) is 5.23. The monoisotopic (exact) mass is 249 g/mol. The van der Waals surface area contributed by atoms with Crippen LogP contribution in [0.5, 0.6) is 0 Å². The van der Waals surface area contributed by atoms with Crippen LogP contribution in [0.2, 0.25) is 0 Å². The van der Waals surface area contributed by atoms with Crippen LogP contribution in [0.15, 0.2) is 33.5 Å². The predicted molar refractivity (Wildman–Crippen MR) is 65.1 cm³/mol. The molecular weight excluding hydrogens is 237 g/mol. The van der Waals surface area contributed by atoms with Crippen LogP contribution < -0.4 is 10.9 Å². The molecule has 5 heteroatoms. The molecule has 0 bridgehead atoms. The Balaban J connectivity index is 2.46. The molecule has 4 nitrogen and oxygen atoms in total. The summed E-state index contributed by atoms with van der Waals surface area (Å²) in [5, 5.41) is 3.10. The van der Waals surface area contributed by atoms with Crippen molar-refractivity contribution >= 4 is 16.9 Å². The lowest BCUT2D eigenvalue weighted by atomic mass is 10.1. The van der Waals surface area contributed by atoms with Gasteiger partial charge >= 0.3 is 5.63 Å². The number of amides is 1. The van der Waals surface area contributed by atoms with E-state index >= 15 is 0 Å². The van der Waals surface area contributed by atoms with Crippen molar-refractivity contribution in [1.82, 2.24) is 5.32 Å². The van der Waals surface area contributed by atoms with E-state index in [2.05, 4.69) is 5.32 Å². The molecule has 0 aliphatic rings. The van der Waals surface area contributed by atoms with Crippen LogP contribution in [0.1, 0.15) is 23.7 Å². The van der Waals surface area contributed by atoms with Crippen molar-refractivity contribution in [2.75, 3.05) is 6.54 Å². The molecule has 0 unspecified atom stereocenters. The van der Waals surface area contributed by atoms with E-state index in [1.165, 1.54) is 18.2 Å². The summed E-state index contributed by atoms with van der Waals surface area (Å²) in [5.74, 6) is -0.967. The van der Waals surface area contributed by atoms with Gasteiger partial charge in [0.25, 0.3) is 5.91 Å². The molecule has 1 N–H and O–H groups in total. The minimum atomic E-state index is -0.762. The zero-order valence-corrected chi connectivity index (χ0v) is 9.83. The third-order valence-corrected chi connectivity index (χ3v) is 2.48. The van der Waals surface area contributed by atoms with E-state index in [0.29, 0.717) is 11.9 Å². The van der Waals surface area contributed by atoms with Gasteiger partial charge in [0, 0.05) is 18.0 Å². The molecule has 94 valence electrons. The molecule has 1 aromatic heterocycles. The van der Waals surface area contributed by atoms with Gasteiger partial charge in [-0.15, -0.1) is 0 Å². The van der Waals surface area contributed by atoms with Crippen LogP contribution in [0, 0.1) is 5.82 Å². The normalized spacial score (nSPS) is 10.6. The van der Waals surface area contributed by atoms with Gasteiger partial charge in [-0.1, -0.05) is 6.92 Å². The third-order valence-electron chi connectivity index (χ3n) is 2.48. The Morgan fingerprint density at radius 3 is 2.89 bits per heavy atom. The molecule has 2 aromatic rings. The lowest BCUT2D eigenvalue weighted by molar-refractivity contribution is 0.0950. The highest BCUT2D eigenvalue weighted by atomic mass is 19.1. The maximum absolute atomic E-state index is 13.0. The number of hydrogen-bond acceptors (Lipinski definition) is 3. The highest BCUT2D eigenvalue weighted by Gasteiger charge is 2.13. The summed E-state index contributed by atoms with van der Waals surface area (Å²) in [4.78, 5) is 23.3. The van der Waals surface area contributed by atoms with Crippen molar-refractivity contribution in [2.45, 2.75) is 13.3 Å². The first kappa shape index (κ1) is 12.3. The Hall–Kier alpha value is -2.17. The number of benzene rings is 1. The van der Waals surface area contributed by atoms with Crippen LogP contribution in [0.25, 0.3) is 11.0 Å². The lowest BCUT2D eigenvalue weighted by Crippen LogP contribution is -2.28. The molecule has 1 amide bonds. The Kier molecular flexibility index (Phi) is 3.41. The van der Waals surface area contributed by atoms with Crippen molar-refractivity contribution in [2.24, 2.45) is 0 Å². The van der Waals surface area contributed by atoms with Crippen molar-refractivity contribution in [3.05, 3.63) is 46.1 Å². The Morgan fingerprint density at radius 1 is 1.39 bits per heavy atom. The highest BCUT2D eigenvalue weighted by Crippen LogP contribution is 2.14. The summed E-state index contributed by atoms with van der Waals surface area (Å²) < 4.78 is 17.9. The lowest BCUT2D eigenvalue weighted by Gasteiger charge is -2.03. The van der Waals surface area contributed by atoms with Gasteiger partial charge in [-0.05, 0) is 24.6 Å². The number of halogens is 1. The van der Waals surface area contributed by atoms with E-state index in [-0.39, 0.29) is 11.1 Å². The second-order valence-corrected chi connectivity index (χ2v) is 3.89. The number of hydrogen-bond donors (Lipinski definition) is 1. The van der Waals surface area contributed by atoms with Crippen molar-refractivity contribution in [3.63, 3.8) is 0 Å². The van der Waals surface area contributed by atoms with Gasteiger partial charge in [-0.3, -0.25) is 4.79 Å². The molecule has 0 saturated carbocycles. The van der Waals surface area contributed by atoms with E-state index in [0.717, 1.165) is 12.5 Å². The zero-order chi connectivity index (χ0) is 13.1. The van der Waals surface area contributed by atoms with E-state index in [9.17, 15) is 14.0 Å². The topological polar surface area (TPSA) is 59.3 Å². The Morgan fingerprint density at radius 2 is 2.17 bits per heavy atom. The molecule has 0 aliphatic carbocycles. The van der Waals surface area contributed by atoms with Crippen molar-refractivity contribution < 1.29 is 13.6 Å². The number of rotatable bonds is 3. The third kappa shape index (κ3) is 2.40. The molecule has 0 aliphatic heterocycles. The SMILES string of the molecule is CCCNC(=O)c1cc2ccc(F)cc2oc1=O. The number of carbonyl (C=O) groups excluding carboxylic acids is 1. The van der Waals surface area contributed by atoms with E-state index in [1.54, 1.807) is 0 Å². The quantitative estimate of drug-likeness (QED) is 0.847. The standard InChI is InChI=1S/C13H12FNO3/c1-2-5-15-12(16)10-6-8-3-4-9(14)7-11(8)18-13(10)17/h3-4,6-7H,2,5H2,1H3,(H,15,16). The van der Waals surface area contributed by atoms with Gasteiger partial charge in [0.1, 0.15) is 17.0 Å². The predicted octanol–water partition coefficient (Wildman–Crippen LogP) is 2.07. The second kappa shape index (κ2) is 5.00. The zero-order valence-electron chi connectivity index (χ0n) is 9.83. The fourth-order valence-electron chi connectivity index (χ4n) is 1.58. The van der Waals surface area contributed by atoms with E-state index in [1.807, 2.05) is 6.92 Å². The number of fused-ring (bicyclic) bond motifs is 1. The van der Waals surface area contributed by atoms with Gasteiger partial charge in [0.15, 0.2) is 0 Å². The molecule has 0 atom stereocenters. The van der Waals surface area contributed by atoms with Crippen LogP contribution in [-0.4, -0.2) is 12.5 Å². The average molecular weight is 249 g/mol. The second-order valence-electron chi connectivity index (χ2n) is 3.89. The summed E-state index contributed by atoms with van der Waals surface area (Å²) >= 11 is 0. The Bertz CT molecular complexity index is 648. The van der Waals surface area contributed by atoms with Crippen molar-refractivity contribution in [3.8, 4) is 0 Å². The average Bonchev–Trinajstić information content (AvgIpc) is 2.35. The first-order valence-corrected chi connectivity index (χ1v) is 5.63. The summed E-state index contributed by atoms with van der Waals surface area (Å²) in [5.41, 5.74) is -0.698. The molecular formula is C13H12FNO3. The minimum Gasteiger partial charge on any atom is -0.422 e.